The first kappa shape index (κ1) is 11.9. The van der Waals surface area contributed by atoms with Crippen LogP contribution in [0.15, 0.2) is 18.3 Å². The number of esters is 1. The number of hydrogen-bond acceptors (Lipinski definition) is 4. The summed E-state index contributed by atoms with van der Waals surface area (Å²) in [6.07, 6.45) is 1.45. The smallest absolute Gasteiger partial charge is 0.384 e. The van der Waals surface area contributed by atoms with Crippen molar-refractivity contribution in [1.29, 1.82) is 0 Å². The summed E-state index contributed by atoms with van der Waals surface area (Å²) < 4.78 is 4.64. The van der Waals surface area contributed by atoms with Crippen LogP contribution in [-0.4, -0.2) is 23.3 Å². The Bertz CT molecular complexity index is 451. The van der Waals surface area contributed by atoms with Gasteiger partial charge in [0.2, 0.25) is 0 Å². The number of hydrogen-bond donors (Lipinski definition) is 0. The number of rotatable bonds is 2. The molecule has 0 amide bonds. The van der Waals surface area contributed by atoms with Gasteiger partial charge in [0.15, 0.2) is 5.78 Å². The number of carbonyl (C=O) groups excluding carboxylic acids is 2. The van der Waals surface area contributed by atoms with Crippen molar-refractivity contribution in [2.75, 3.05) is 6.61 Å². The summed E-state index contributed by atoms with van der Waals surface area (Å²) in [6.45, 7) is 3.45. The minimum Gasteiger partial charge on any atom is -0.456 e. The Morgan fingerprint density at radius 1 is 1.44 bits per heavy atom. The lowest BCUT2D eigenvalue weighted by atomic mass is 10.2. The molecule has 0 bridgehead atoms. The quantitative estimate of drug-likeness (QED) is 0.424. The maximum atomic E-state index is 10.9. The van der Waals surface area contributed by atoms with E-state index in [0.29, 0.717) is 17.9 Å². The molecule has 0 unspecified atom stereocenters. The van der Waals surface area contributed by atoms with Crippen molar-refractivity contribution in [3.05, 3.63) is 29.6 Å². The third-order valence-corrected chi connectivity index (χ3v) is 1.71. The molecule has 0 saturated carbocycles. The standard InChI is InChI=1S/C12H11NO3/c1-3-16-12(15)7-5-10-4-6-11(9(2)14)13-8-10/h4,6,8H,3H2,1-2H3. The Kier molecular flexibility index (Phi) is 4.22. The van der Waals surface area contributed by atoms with Crippen LogP contribution in [-0.2, 0) is 9.53 Å². The molecular weight excluding hydrogens is 206 g/mol. The van der Waals surface area contributed by atoms with Gasteiger partial charge in [-0.1, -0.05) is 5.92 Å². The number of ketones is 1. The van der Waals surface area contributed by atoms with Crippen LogP contribution in [0.5, 0.6) is 0 Å². The van der Waals surface area contributed by atoms with Crippen LogP contribution in [0.2, 0.25) is 0 Å². The molecule has 0 aliphatic rings. The summed E-state index contributed by atoms with van der Waals surface area (Å²) >= 11 is 0. The van der Waals surface area contributed by atoms with Gasteiger partial charge in [-0.2, -0.15) is 0 Å². The zero-order valence-corrected chi connectivity index (χ0v) is 9.11. The third-order valence-electron chi connectivity index (χ3n) is 1.71. The van der Waals surface area contributed by atoms with Gasteiger partial charge in [-0.25, -0.2) is 4.79 Å². The Hall–Kier alpha value is -2.15. The number of ether oxygens (including phenoxy) is 1. The van der Waals surface area contributed by atoms with Gasteiger partial charge >= 0.3 is 5.97 Å². The SMILES string of the molecule is CCOC(=O)C#Cc1ccc(C(C)=O)nc1. The highest BCUT2D eigenvalue weighted by molar-refractivity contribution is 5.92. The van der Waals surface area contributed by atoms with Crippen molar-refractivity contribution in [2.24, 2.45) is 0 Å². The van der Waals surface area contributed by atoms with E-state index in [0.717, 1.165) is 0 Å². The van der Waals surface area contributed by atoms with Gasteiger partial charge in [-0.15, -0.1) is 0 Å². The van der Waals surface area contributed by atoms with Crippen LogP contribution in [0.25, 0.3) is 0 Å². The third kappa shape index (κ3) is 3.54. The minimum atomic E-state index is -0.571. The zero-order valence-electron chi connectivity index (χ0n) is 9.11. The monoisotopic (exact) mass is 217 g/mol. The van der Waals surface area contributed by atoms with E-state index in [2.05, 4.69) is 21.6 Å². The molecule has 1 heterocycles. The lowest BCUT2D eigenvalue weighted by molar-refractivity contribution is -0.136. The molecule has 0 N–H and O–H groups in total. The van der Waals surface area contributed by atoms with E-state index in [1.165, 1.54) is 13.1 Å². The minimum absolute atomic E-state index is 0.107. The molecule has 0 aliphatic carbocycles. The van der Waals surface area contributed by atoms with E-state index < -0.39 is 5.97 Å². The van der Waals surface area contributed by atoms with Crippen molar-refractivity contribution in [3.8, 4) is 11.8 Å². The topological polar surface area (TPSA) is 56.3 Å². The lowest BCUT2D eigenvalue weighted by Crippen LogP contribution is -2.00. The summed E-state index contributed by atoms with van der Waals surface area (Å²) in [5.74, 6) is 4.23. The Balaban J connectivity index is 2.75. The number of nitrogens with zero attached hydrogens (tertiary/aromatic N) is 1. The fraction of sp³-hybridized carbons (Fsp3) is 0.250. The van der Waals surface area contributed by atoms with Crippen LogP contribution < -0.4 is 0 Å². The van der Waals surface area contributed by atoms with E-state index in [4.69, 9.17) is 0 Å². The maximum Gasteiger partial charge on any atom is 0.384 e. The second-order valence-corrected chi connectivity index (χ2v) is 2.96. The van der Waals surface area contributed by atoms with Crippen molar-refractivity contribution in [1.82, 2.24) is 4.98 Å². The highest BCUT2D eigenvalue weighted by Gasteiger charge is 1.99. The predicted molar refractivity (Wildman–Crippen MR) is 57.8 cm³/mol. The molecule has 0 saturated heterocycles. The van der Waals surface area contributed by atoms with Gasteiger partial charge in [-0.05, 0) is 19.1 Å². The predicted octanol–water partition coefficient (Wildman–Crippen LogP) is 1.20. The van der Waals surface area contributed by atoms with E-state index in [-0.39, 0.29) is 5.78 Å². The molecule has 0 radical (unpaired) electrons. The van der Waals surface area contributed by atoms with Gasteiger partial charge in [0.05, 0.1) is 6.61 Å². The maximum absolute atomic E-state index is 10.9. The first-order valence-electron chi connectivity index (χ1n) is 4.79. The molecule has 0 fully saturated rings. The molecule has 0 atom stereocenters. The number of Topliss-reactive ketones (excluding diaryl/α,β-unsaturated/α-hetero) is 1. The van der Waals surface area contributed by atoms with E-state index >= 15 is 0 Å². The van der Waals surface area contributed by atoms with Gasteiger partial charge in [0.1, 0.15) is 5.69 Å². The van der Waals surface area contributed by atoms with Gasteiger partial charge < -0.3 is 4.74 Å². The van der Waals surface area contributed by atoms with Crippen molar-refractivity contribution < 1.29 is 14.3 Å². The van der Waals surface area contributed by atoms with E-state index in [1.54, 1.807) is 19.1 Å². The Labute approximate surface area is 93.6 Å². The second-order valence-electron chi connectivity index (χ2n) is 2.96. The average molecular weight is 217 g/mol. The second kappa shape index (κ2) is 5.66. The fourth-order valence-corrected chi connectivity index (χ4v) is 0.966. The number of carbonyl (C=O) groups is 2. The van der Waals surface area contributed by atoms with Gasteiger partial charge in [0, 0.05) is 24.6 Å². The first-order valence-corrected chi connectivity index (χ1v) is 4.79. The molecule has 1 aromatic rings. The van der Waals surface area contributed by atoms with E-state index in [9.17, 15) is 9.59 Å². The van der Waals surface area contributed by atoms with Crippen LogP contribution in [0.1, 0.15) is 29.9 Å². The van der Waals surface area contributed by atoms with Crippen LogP contribution in [0, 0.1) is 11.8 Å². The normalized spacial score (nSPS) is 8.88. The molecule has 82 valence electrons. The Morgan fingerprint density at radius 3 is 2.69 bits per heavy atom. The fourth-order valence-electron chi connectivity index (χ4n) is 0.966. The molecule has 0 spiro atoms. The molecule has 1 aromatic heterocycles. The molecule has 4 heteroatoms. The zero-order chi connectivity index (χ0) is 12.0. The van der Waals surface area contributed by atoms with Crippen LogP contribution >= 0.6 is 0 Å². The summed E-state index contributed by atoms with van der Waals surface area (Å²) in [5.41, 5.74) is 0.944. The number of aromatic nitrogens is 1. The van der Waals surface area contributed by atoms with Gasteiger partial charge in [0.25, 0.3) is 0 Å². The summed E-state index contributed by atoms with van der Waals surface area (Å²) in [4.78, 5) is 25.8. The summed E-state index contributed by atoms with van der Waals surface area (Å²) in [5, 5.41) is 0. The molecular formula is C12H11NO3. The molecule has 0 aliphatic heterocycles. The summed E-state index contributed by atoms with van der Waals surface area (Å²) in [6, 6.07) is 3.20. The van der Waals surface area contributed by atoms with Crippen LogP contribution in [0.4, 0.5) is 0 Å². The van der Waals surface area contributed by atoms with Crippen molar-refractivity contribution in [3.63, 3.8) is 0 Å². The number of pyridine rings is 1. The first-order chi connectivity index (χ1) is 7.63. The highest BCUT2D eigenvalue weighted by atomic mass is 16.5. The van der Waals surface area contributed by atoms with E-state index in [1.807, 2.05) is 0 Å². The van der Waals surface area contributed by atoms with Crippen molar-refractivity contribution in [2.45, 2.75) is 13.8 Å². The largest absolute Gasteiger partial charge is 0.456 e. The van der Waals surface area contributed by atoms with Crippen molar-refractivity contribution >= 4 is 11.8 Å². The van der Waals surface area contributed by atoms with Crippen LogP contribution in [0.3, 0.4) is 0 Å². The molecule has 0 aromatic carbocycles. The highest BCUT2D eigenvalue weighted by Crippen LogP contribution is 1.99. The molecule has 16 heavy (non-hydrogen) atoms. The Morgan fingerprint density at radius 2 is 2.19 bits per heavy atom. The molecule has 1 rings (SSSR count). The summed E-state index contributed by atoms with van der Waals surface area (Å²) in [7, 11) is 0. The average Bonchev–Trinajstić information content (AvgIpc) is 2.27. The molecule has 4 nitrogen and oxygen atoms in total. The lowest BCUT2D eigenvalue weighted by Gasteiger charge is -1.94. The van der Waals surface area contributed by atoms with Gasteiger partial charge in [-0.3, -0.25) is 9.78 Å².